The van der Waals surface area contributed by atoms with Gasteiger partial charge in [-0.05, 0) is 36.6 Å². The highest BCUT2D eigenvalue weighted by Gasteiger charge is 2.38. The van der Waals surface area contributed by atoms with Crippen LogP contribution >= 0.6 is 0 Å². The molecule has 0 heterocycles. The van der Waals surface area contributed by atoms with Crippen molar-refractivity contribution in [1.82, 2.24) is 5.32 Å². The molecule has 1 rings (SSSR count). The summed E-state index contributed by atoms with van der Waals surface area (Å²) in [6.45, 7) is 4.60. The highest BCUT2D eigenvalue weighted by molar-refractivity contribution is 5.95. The number of alkyl halides is 3. The molecule has 0 unspecified atom stereocenters. The molecule has 1 aromatic carbocycles. The molecule has 0 spiro atoms. The summed E-state index contributed by atoms with van der Waals surface area (Å²) in [6.07, 6.45) is -4.09. The van der Waals surface area contributed by atoms with Gasteiger partial charge in [-0.25, -0.2) is 4.79 Å². The molecule has 22 heavy (non-hydrogen) atoms. The van der Waals surface area contributed by atoms with Crippen LogP contribution < -0.4 is 16.0 Å². The van der Waals surface area contributed by atoms with Gasteiger partial charge in [0.15, 0.2) is 0 Å². The number of amides is 3. The molecule has 0 aliphatic rings. The van der Waals surface area contributed by atoms with E-state index in [0.717, 1.165) is 6.42 Å². The Hall–Kier alpha value is -2.25. The number of halogens is 3. The molecule has 0 aromatic heterocycles. The first-order chi connectivity index (χ1) is 10.2. The van der Waals surface area contributed by atoms with Gasteiger partial charge in [0.1, 0.15) is 0 Å². The Morgan fingerprint density at radius 2 is 1.55 bits per heavy atom. The van der Waals surface area contributed by atoms with Crippen molar-refractivity contribution in [2.24, 2.45) is 5.92 Å². The van der Waals surface area contributed by atoms with Crippen LogP contribution in [0.5, 0.6) is 0 Å². The van der Waals surface area contributed by atoms with E-state index >= 15 is 0 Å². The molecule has 0 atom stereocenters. The van der Waals surface area contributed by atoms with E-state index < -0.39 is 18.1 Å². The van der Waals surface area contributed by atoms with E-state index in [1.54, 1.807) is 5.32 Å². The maximum absolute atomic E-state index is 12.1. The van der Waals surface area contributed by atoms with Crippen LogP contribution in [0.1, 0.15) is 20.3 Å². The Kier molecular flexibility index (Phi) is 6.21. The second-order valence-electron chi connectivity index (χ2n) is 5.09. The third kappa shape index (κ3) is 6.47. The zero-order chi connectivity index (χ0) is 16.8. The van der Waals surface area contributed by atoms with Gasteiger partial charge in [-0.1, -0.05) is 13.8 Å². The molecule has 3 amide bonds. The molecule has 0 bridgehead atoms. The molecule has 0 saturated carbocycles. The van der Waals surface area contributed by atoms with Gasteiger partial charge in [-0.3, -0.25) is 4.79 Å². The second kappa shape index (κ2) is 7.67. The van der Waals surface area contributed by atoms with Gasteiger partial charge in [0.2, 0.25) is 0 Å². The van der Waals surface area contributed by atoms with Gasteiger partial charge in [0, 0.05) is 17.9 Å². The van der Waals surface area contributed by atoms with E-state index in [1.165, 1.54) is 24.3 Å². The van der Waals surface area contributed by atoms with Crippen LogP contribution in [0.2, 0.25) is 0 Å². The van der Waals surface area contributed by atoms with Gasteiger partial charge in [0.05, 0.1) is 0 Å². The van der Waals surface area contributed by atoms with Gasteiger partial charge >= 0.3 is 18.1 Å². The highest BCUT2D eigenvalue weighted by Crippen LogP contribution is 2.19. The monoisotopic (exact) mass is 317 g/mol. The minimum atomic E-state index is -4.94. The smallest absolute Gasteiger partial charge is 0.338 e. The number of hydrogen-bond acceptors (Lipinski definition) is 2. The van der Waals surface area contributed by atoms with Crippen LogP contribution in [0.15, 0.2) is 24.3 Å². The van der Waals surface area contributed by atoms with Crippen LogP contribution in [0.25, 0.3) is 0 Å². The molecular formula is C14H18F3N3O2. The van der Waals surface area contributed by atoms with Crippen LogP contribution in [-0.4, -0.2) is 24.7 Å². The first-order valence-corrected chi connectivity index (χ1v) is 6.71. The Labute approximate surface area is 126 Å². The fourth-order valence-corrected chi connectivity index (χ4v) is 1.49. The largest absolute Gasteiger partial charge is 0.471 e. The molecule has 5 nitrogen and oxygen atoms in total. The second-order valence-corrected chi connectivity index (χ2v) is 5.09. The number of benzene rings is 1. The van der Waals surface area contributed by atoms with Gasteiger partial charge in [-0.15, -0.1) is 0 Å². The zero-order valence-corrected chi connectivity index (χ0v) is 12.3. The van der Waals surface area contributed by atoms with E-state index in [1.807, 2.05) is 13.8 Å². The quantitative estimate of drug-likeness (QED) is 0.779. The van der Waals surface area contributed by atoms with Crippen molar-refractivity contribution in [3.05, 3.63) is 24.3 Å². The van der Waals surface area contributed by atoms with E-state index in [2.05, 4.69) is 10.6 Å². The van der Waals surface area contributed by atoms with Crippen molar-refractivity contribution in [2.75, 3.05) is 17.2 Å². The Bertz CT molecular complexity index is 513. The summed E-state index contributed by atoms with van der Waals surface area (Å²) in [5.41, 5.74) is 0.403. The first-order valence-electron chi connectivity index (χ1n) is 6.71. The number of carbonyl (C=O) groups excluding carboxylic acids is 2. The summed E-state index contributed by atoms with van der Waals surface area (Å²) in [5.74, 6) is -1.57. The first kappa shape index (κ1) is 17.8. The lowest BCUT2D eigenvalue weighted by molar-refractivity contribution is -0.167. The van der Waals surface area contributed by atoms with Crippen molar-refractivity contribution >= 4 is 23.3 Å². The summed E-state index contributed by atoms with van der Waals surface area (Å²) in [4.78, 5) is 22.3. The minimum Gasteiger partial charge on any atom is -0.338 e. The fourth-order valence-electron chi connectivity index (χ4n) is 1.49. The van der Waals surface area contributed by atoms with Crippen molar-refractivity contribution in [3.8, 4) is 0 Å². The third-order valence-corrected chi connectivity index (χ3v) is 2.67. The van der Waals surface area contributed by atoms with Crippen molar-refractivity contribution in [3.63, 3.8) is 0 Å². The van der Waals surface area contributed by atoms with Crippen LogP contribution in [-0.2, 0) is 4.79 Å². The summed E-state index contributed by atoms with van der Waals surface area (Å²) in [7, 11) is 0. The predicted molar refractivity (Wildman–Crippen MR) is 77.6 cm³/mol. The molecule has 1 aromatic rings. The predicted octanol–water partition coefficient (Wildman–Crippen LogP) is 3.36. The fraction of sp³-hybridized carbons (Fsp3) is 0.429. The molecular weight excluding hydrogens is 299 g/mol. The maximum Gasteiger partial charge on any atom is 0.471 e. The topological polar surface area (TPSA) is 70.2 Å². The van der Waals surface area contributed by atoms with Crippen molar-refractivity contribution in [1.29, 1.82) is 0 Å². The molecule has 122 valence electrons. The molecule has 0 fully saturated rings. The Morgan fingerprint density at radius 1 is 1.05 bits per heavy atom. The third-order valence-electron chi connectivity index (χ3n) is 2.67. The zero-order valence-electron chi connectivity index (χ0n) is 12.3. The van der Waals surface area contributed by atoms with Gasteiger partial charge in [-0.2, -0.15) is 13.2 Å². The van der Waals surface area contributed by atoms with Gasteiger partial charge < -0.3 is 16.0 Å². The number of rotatable bonds is 5. The van der Waals surface area contributed by atoms with Crippen molar-refractivity contribution < 1.29 is 22.8 Å². The van der Waals surface area contributed by atoms with E-state index in [-0.39, 0.29) is 5.69 Å². The summed E-state index contributed by atoms with van der Waals surface area (Å²) in [5, 5.41) is 6.92. The molecule has 8 heteroatoms. The number of nitrogens with one attached hydrogen (secondary N) is 3. The summed E-state index contributed by atoms with van der Waals surface area (Å²) in [6, 6.07) is 4.94. The van der Waals surface area contributed by atoms with E-state index in [0.29, 0.717) is 18.2 Å². The lowest BCUT2D eigenvalue weighted by atomic mass is 10.1. The molecule has 0 aliphatic carbocycles. The average Bonchev–Trinajstić information content (AvgIpc) is 2.39. The molecule has 0 saturated heterocycles. The average molecular weight is 317 g/mol. The SMILES string of the molecule is CC(C)CCNC(=O)Nc1ccc(NC(=O)C(F)(F)F)cc1. The summed E-state index contributed by atoms with van der Waals surface area (Å²) < 4.78 is 36.3. The lowest BCUT2D eigenvalue weighted by Crippen LogP contribution is -2.30. The molecule has 0 aliphatic heterocycles. The summed E-state index contributed by atoms with van der Waals surface area (Å²) >= 11 is 0. The maximum atomic E-state index is 12.1. The number of hydrogen-bond donors (Lipinski definition) is 3. The van der Waals surface area contributed by atoms with Crippen LogP contribution in [0, 0.1) is 5.92 Å². The molecule has 3 N–H and O–H groups in total. The van der Waals surface area contributed by atoms with Crippen LogP contribution in [0.4, 0.5) is 29.3 Å². The Morgan fingerprint density at radius 3 is 2.00 bits per heavy atom. The molecule has 0 radical (unpaired) electrons. The number of carbonyl (C=O) groups is 2. The van der Waals surface area contributed by atoms with Crippen molar-refractivity contribution in [2.45, 2.75) is 26.4 Å². The normalized spacial score (nSPS) is 11.2. The van der Waals surface area contributed by atoms with Gasteiger partial charge in [0.25, 0.3) is 0 Å². The highest BCUT2D eigenvalue weighted by atomic mass is 19.4. The van der Waals surface area contributed by atoms with Crippen LogP contribution in [0.3, 0.4) is 0 Å². The Balaban J connectivity index is 2.48. The number of anilines is 2. The lowest BCUT2D eigenvalue weighted by Gasteiger charge is -2.10. The van der Waals surface area contributed by atoms with E-state index in [4.69, 9.17) is 0 Å². The minimum absolute atomic E-state index is 0.00640. The van der Waals surface area contributed by atoms with E-state index in [9.17, 15) is 22.8 Å². The standard InChI is InChI=1S/C14H18F3N3O2/c1-9(2)7-8-18-13(22)20-11-5-3-10(4-6-11)19-12(21)14(15,16)17/h3-6,9H,7-8H2,1-2H3,(H,19,21)(H2,18,20,22). The number of urea groups is 1.